The van der Waals surface area contributed by atoms with Crippen LogP contribution in [0.3, 0.4) is 0 Å². The van der Waals surface area contributed by atoms with Gasteiger partial charge in [0.15, 0.2) is 0 Å². The largest absolute Gasteiger partial charge is 0.500 e. The fraction of sp³-hybridized carbons (Fsp3) is 1.00. The molecule has 0 saturated heterocycles. The summed E-state index contributed by atoms with van der Waals surface area (Å²) in [6.45, 7) is 0. The van der Waals surface area contributed by atoms with Crippen LogP contribution in [0.15, 0.2) is 0 Å². The summed E-state index contributed by atoms with van der Waals surface area (Å²) < 4.78 is 50.1. The zero-order valence-electron chi connectivity index (χ0n) is 25.3. The summed E-state index contributed by atoms with van der Waals surface area (Å²) >= 11 is 0. The van der Waals surface area contributed by atoms with E-state index in [4.69, 9.17) is 39.8 Å². The average Bonchev–Trinajstić information content (AvgIpc) is 2.95. The molecule has 13 heteroatoms. The lowest BCUT2D eigenvalue weighted by molar-refractivity contribution is 0.122. The number of hydrogen-bond acceptors (Lipinski definition) is 9. The smallest absolute Gasteiger partial charge is 0.377 e. The van der Waals surface area contributed by atoms with E-state index in [2.05, 4.69) is 0 Å². The maximum atomic E-state index is 5.57. The molecule has 0 N–H and O–H groups in total. The summed E-state index contributed by atoms with van der Waals surface area (Å²) in [4.78, 5) is 0. The molecule has 37 heavy (non-hydrogen) atoms. The van der Waals surface area contributed by atoms with Crippen LogP contribution in [-0.4, -0.2) is 99.2 Å². The molecule has 0 fully saturated rings. The summed E-state index contributed by atoms with van der Waals surface area (Å²) in [5.41, 5.74) is 0. The number of unbranched alkanes of at least 4 members (excludes halogenated alkanes) is 6. The van der Waals surface area contributed by atoms with Crippen molar-refractivity contribution in [3.05, 3.63) is 0 Å². The van der Waals surface area contributed by atoms with E-state index in [0.29, 0.717) is 0 Å². The van der Waals surface area contributed by atoms with Crippen LogP contribution in [0.5, 0.6) is 0 Å². The van der Waals surface area contributed by atoms with Gasteiger partial charge >= 0.3 is 26.4 Å². The minimum atomic E-state index is -2.45. The Morgan fingerprint density at radius 2 is 0.541 bits per heavy atom. The number of hydrogen-bond donors (Lipinski definition) is 0. The first-order valence-electron chi connectivity index (χ1n) is 13.6. The lowest BCUT2D eigenvalue weighted by atomic mass is 10.3. The van der Waals surface area contributed by atoms with Gasteiger partial charge in [-0.25, -0.2) is 0 Å². The molecular formula is C24H57O9Si4. The second-order valence-electron chi connectivity index (χ2n) is 9.32. The van der Waals surface area contributed by atoms with E-state index in [9.17, 15) is 0 Å². The molecule has 0 spiro atoms. The topological polar surface area (TPSA) is 83.1 Å². The first-order valence-corrected chi connectivity index (χ1v) is 21.5. The monoisotopic (exact) mass is 601 g/mol. The maximum Gasteiger partial charge on any atom is 0.500 e. The molecular weight excluding hydrogens is 545 g/mol. The molecule has 9 nitrogen and oxygen atoms in total. The van der Waals surface area contributed by atoms with Gasteiger partial charge in [-0.3, -0.25) is 0 Å². The Kier molecular flexibility index (Phi) is 22.5. The first kappa shape index (κ1) is 37.5. The fourth-order valence-corrected chi connectivity index (χ4v) is 13.1. The molecule has 0 aromatic carbocycles. The molecule has 0 aromatic heterocycles. The van der Waals surface area contributed by atoms with Crippen LogP contribution in [0, 0.1) is 0 Å². The normalized spacial score (nSPS) is 13.1. The molecule has 0 rings (SSSR count). The molecule has 0 aliphatic heterocycles. The molecule has 0 aliphatic carbocycles. The summed E-state index contributed by atoms with van der Waals surface area (Å²) in [6, 6.07) is 6.75. The van der Waals surface area contributed by atoms with Gasteiger partial charge in [0.2, 0.25) is 0 Å². The second kappa shape index (κ2) is 22.2. The Bertz CT molecular complexity index is 426. The van der Waals surface area contributed by atoms with E-state index in [1.807, 2.05) is 0 Å². The number of rotatable bonds is 27. The van der Waals surface area contributed by atoms with Gasteiger partial charge in [0, 0.05) is 90.9 Å². The van der Waals surface area contributed by atoms with E-state index in [0.717, 1.165) is 37.4 Å². The minimum absolute atomic E-state index is 0.388. The summed E-state index contributed by atoms with van der Waals surface area (Å²) in [7, 11) is 7.48. The van der Waals surface area contributed by atoms with Gasteiger partial charge in [0.05, 0.1) is 0 Å². The van der Waals surface area contributed by atoms with Crippen molar-refractivity contribution in [2.75, 3.05) is 64.0 Å². The molecule has 0 amide bonds. The van der Waals surface area contributed by atoms with Gasteiger partial charge in [-0.1, -0.05) is 56.7 Å². The lowest BCUT2D eigenvalue weighted by Gasteiger charge is -2.24. The van der Waals surface area contributed by atoms with Crippen molar-refractivity contribution in [1.29, 1.82) is 0 Å². The zero-order valence-corrected chi connectivity index (χ0v) is 29.3. The van der Waals surface area contributed by atoms with Gasteiger partial charge in [0.25, 0.3) is 0 Å². The Balaban J connectivity index is 4.59. The van der Waals surface area contributed by atoms with E-state index >= 15 is 0 Å². The third-order valence-corrected chi connectivity index (χ3v) is 19.0. The van der Waals surface area contributed by atoms with Gasteiger partial charge in [0.1, 0.15) is 0 Å². The van der Waals surface area contributed by atoms with E-state index < -0.39 is 26.4 Å². The van der Waals surface area contributed by atoms with Crippen molar-refractivity contribution in [1.82, 2.24) is 0 Å². The van der Waals surface area contributed by atoms with Crippen LogP contribution < -0.4 is 0 Å². The van der Waals surface area contributed by atoms with Crippen molar-refractivity contribution in [3.63, 3.8) is 0 Å². The Hall–Kier alpha value is 0.508. The van der Waals surface area contributed by atoms with Gasteiger partial charge in [-0.2, -0.15) is 0 Å². The van der Waals surface area contributed by atoms with Crippen LogP contribution in [0.25, 0.3) is 0 Å². The lowest BCUT2D eigenvalue weighted by Crippen LogP contribution is -2.42. The predicted molar refractivity (Wildman–Crippen MR) is 156 cm³/mol. The van der Waals surface area contributed by atoms with E-state index in [1.165, 1.54) is 56.7 Å². The molecule has 0 bridgehead atoms. The molecule has 1 radical (unpaired) electrons. The zero-order chi connectivity index (χ0) is 28.0. The van der Waals surface area contributed by atoms with Crippen molar-refractivity contribution >= 4 is 35.2 Å². The third-order valence-electron chi connectivity index (χ3n) is 7.34. The molecule has 0 heterocycles. The highest BCUT2D eigenvalue weighted by atomic mass is 28.4. The minimum Gasteiger partial charge on any atom is -0.377 e. The summed E-state index contributed by atoms with van der Waals surface area (Å²) in [5, 5.41) is 0. The van der Waals surface area contributed by atoms with Gasteiger partial charge in [-0.15, -0.1) is 0 Å². The van der Waals surface area contributed by atoms with Crippen molar-refractivity contribution < 1.29 is 39.8 Å². The Morgan fingerprint density at radius 3 is 0.730 bits per heavy atom. The third kappa shape index (κ3) is 14.6. The highest BCUT2D eigenvalue weighted by Gasteiger charge is 2.38. The average molecular weight is 602 g/mol. The van der Waals surface area contributed by atoms with E-state index in [-0.39, 0.29) is 8.80 Å². The van der Waals surface area contributed by atoms with E-state index in [1.54, 1.807) is 64.0 Å². The Morgan fingerprint density at radius 1 is 0.324 bits per heavy atom. The van der Waals surface area contributed by atoms with Gasteiger partial charge in [-0.05, 0) is 19.3 Å². The molecule has 0 saturated carbocycles. The standard InChI is InChI=1S/C24H57O9Si4/c1-25-35(26-2,27-3)22-16-10-13-19-34(20-14-11-17-23-36(28-4,29-5)30-6)21-15-12-18-24-37(31-7,32-8)33-9/h10-24H2,1-9H3. The summed E-state index contributed by atoms with van der Waals surface area (Å²) in [5.74, 6) is 0. The highest BCUT2D eigenvalue weighted by Crippen LogP contribution is 2.24. The predicted octanol–water partition coefficient (Wildman–Crippen LogP) is 5.63. The van der Waals surface area contributed by atoms with Gasteiger partial charge < -0.3 is 39.8 Å². The van der Waals surface area contributed by atoms with Crippen LogP contribution in [0.4, 0.5) is 0 Å². The first-order chi connectivity index (χ1) is 17.8. The van der Waals surface area contributed by atoms with Crippen molar-refractivity contribution in [2.24, 2.45) is 0 Å². The fourth-order valence-electron chi connectivity index (χ4n) is 4.72. The van der Waals surface area contributed by atoms with Crippen molar-refractivity contribution in [2.45, 2.75) is 94.1 Å². The quantitative estimate of drug-likeness (QED) is 0.0879. The SMILES string of the molecule is CO[Si](CCCCC[Si](CCCCC[Si](OC)(OC)OC)CCCCC[Si](OC)(OC)OC)(OC)OC. The van der Waals surface area contributed by atoms with Crippen molar-refractivity contribution in [3.8, 4) is 0 Å². The maximum absolute atomic E-state index is 5.57. The molecule has 0 unspecified atom stereocenters. The van der Waals surface area contributed by atoms with Crippen LogP contribution >= 0.6 is 0 Å². The van der Waals surface area contributed by atoms with Crippen LogP contribution in [0.2, 0.25) is 36.3 Å². The molecule has 0 aliphatic rings. The molecule has 223 valence electrons. The van der Waals surface area contributed by atoms with Crippen LogP contribution in [0.1, 0.15) is 57.8 Å². The highest BCUT2D eigenvalue weighted by molar-refractivity contribution is 6.61. The Labute approximate surface area is 232 Å². The second-order valence-corrected chi connectivity index (χ2v) is 21.6. The molecule has 0 aromatic rings. The molecule has 0 atom stereocenters. The summed E-state index contributed by atoms with van der Waals surface area (Å²) in [6.07, 6.45) is 10.7. The van der Waals surface area contributed by atoms with Crippen LogP contribution in [-0.2, 0) is 39.8 Å².